The van der Waals surface area contributed by atoms with Crippen LogP contribution in [0, 0.1) is 0 Å². The van der Waals surface area contributed by atoms with Gasteiger partial charge in [0.05, 0.1) is 11.2 Å². The highest BCUT2D eigenvalue weighted by molar-refractivity contribution is 8.00. The van der Waals surface area contributed by atoms with Crippen LogP contribution in [0.5, 0.6) is 0 Å². The minimum Gasteiger partial charge on any atom is -0.549 e. The Morgan fingerprint density at radius 1 is 1.39 bits per heavy atom. The number of carbonyl (C=O) groups excluding carboxylic acids is 1. The average molecular weight is 284 g/mol. The molecule has 1 heterocycles. The van der Waals surface area contributed by atoms with Crippen LogP contribution in [-0.2, 0) is 4.79 Å². The van der Waals surface area contributed by atoms with Crippen molar-refractivity contribution in [1.29, 1.82) is 0 Å². The zero-order valence-electron chi connectivity index (χ0n) is 9.29. The molecule has 1 atom stereocenters. The van der Waals surface area contributed by atoms with Gasteiger partial charge < -0.3 is 14.3 Å². The summed E-state index contributed by atoms with van der Waals surface area (Å²) < 4.78 is 5.34. The van der Waals surface area contributed by atoms with E-state index in [0.717, 1.165) is 17.3 Å². The van der Waals surface area contributed by atoms with E-state index in [0.29, 0.717) is 10.9 Å². The molecule has 0 saturated carbocycles. The second kappa shape index (κ2) is 5.41. The van der Waals surface area contributed by atoms with Crippen molar-refractivity contribution in [2.24, 2.45) is 0 Å². The molecule has 7 heteroatoms. The zero-order chi connectivity index (χ0) is 13.1. The summed E-state index contributed by atoms with van der Waals surface area (Å²) in [5.41, 5.74) is 0.722. The first-order valence-corrected chi connectivity index (χ1v) is 6.29. The number of halogens is 1. The summed E-state index contributed by atoms with van der Waals surface area (Å²) >= 11 is 6.71. The van der Waals surface area contributed by atoms with Gasteiger partial charge >= 0.3 is 0 Å². The highest BCUT2D eigenvalue weighted by Crippen LogP contribution is 2.26. The Bertz CT molecular complexity index is 556. The first-order valence-electron chi connectivity index (χ1n) is 5.03. The minimum absolute atomic E-state index is 0.191. The quantitative estimate of drug-likeness (QED) is 0.793. The molecule has 1 aromatic heterocycles. The first kappa shape index (κ1) is 12.9. The van der Waals surface area contributed by atoms with Crippen molar-refractivity contribution >= 4 is 29.3 Å². The maximum atomic E-state index is 10.6. The van der Waals surface area contributed by atoms with E-state index >= 15 is 0 Å². The van der Waals surface area contributed by atoms with Gasteiger partial charge in [0, 0.05) is 10.6 Å². The van der Waals surface area contributed by atoms with Crippen molar-refractivity contribution in [2.45, 2.75) is 17.4 Å². The Kier molecular flexibility index (Phi) is 3.88. The molecule has 0 radical (unpaired) electrons. The third-order valence-electron chi connectivity index (χ3n) is 2.11. The van der Waals surface area contributed by atoms with Crippen molar-refractivity contribution in [3.8, 4) is 11.5 Å². The SMILES string of the molecule is C[C@@H](Sc1nnc(-c2ccc(Cl)cc2)o1)C(=O)[O-]. The summed E-state index contributed by atoms with van der Waals surface area (Å²) in [4.78, 5) is 10.6. The average Bonchev–Trinajstić information content (AvgIpc) is 2.78. The number of rotatable bonds is 4. The van der Waals surface area contributed by atoms with Gasteiger partial charge in [-0.2, -0.15) is 0 Å². The van der Waals surface area contributed by atoms with Gasteiger partial charge in [-0.15, -0.1) is 10.2 Å². The molecular formula is C11H8ClN2O3S-. The van der Waals surface area contributed by atoms with E-state index in [1.807, 2.05) is 0 Å². The normalized spacial score (nSPS) is 12.3. The van der Waals surface area contributed by atoms with Crippen LogP contribution >= 0.6 is 23.4 Å². The fourth-order valence-corrected chi connectivity index (χ4v) is 1.91. The van der Waals surface area contributed by atoms with Crippen molar-refractivity contribution in [3.63, 3.8) is 0 Å². The predicted octanol–water partition coefficient (Wildman–Crippen LogP) is 1.62. The fourth-order valence-electron chi connectivity index (χ4n) is 1.17. The lowest BCUT2D eigenvalue weighted by atomic mass is 10.2. The maximum Gasteiger partial charge on any atom is 0.277 e. The molecule has 0 saturated heterocycles. The van der Waals surface area contributed by atoms with Crippen LogP contribution in [0.1, 0.15) is 6.92 Å². The van der Waals surface area contributed by atoms with Crippen LogP contribution in [0.4, 0.5) is 0 Å². The molecule has 0 spiro atoms. The number of hydrogen-bond acceptors (Lipinski definition) is 6. The Morgan fingerprint density at radius 2 is 2.06 bits per heavy atom. The molecule has 2 rings (SSSR count). The number of aromatic nitrogens is 2. The Hall–Kier alpha value is -1.53. The lowest BCUT2D eigenvalue weighted by Gasteiger charge is -2.07. The zero-order valence-corrected chi connectivity index (χ0v) is 10.9. The van der Waals surface area contributed by atoms with Gasteiger partial charge in [0.15, 0.2) is 0 Å². The van der Waals surface area contributed by atoms with E-state index in [2.05, 4.69) is 10.2 Å². The Balaban J connectivity index is 2.15. The summed E-state index contributed by atoms with van der Waals surface area (Å²) in [6.07, 6.45) is 0. The van der Waals surface area contributed by atoms with E-state index in [1.54, 1.807) is 24.3 Å². The van der Waals surface area contributed by atoms with Gasteiger partial charge in [-0.25, -0.2) is 0 Å². The van der Waals surface area contributed by atoms with Gasteiger partial charge in [0.1, 0.15) is 0 Å². The number of benzene rings is 1. The molecule has 0 amide bonds. The number of carbonyl (C=O) groups is 1. The molecule has 5 nitrogen and oxygen atoms in total. The van der Waals surface area contributed by atoms with E-state index in [-0.39, 0.29) is 5.22 Å². The molecule has 2 aromatic rings. The van der Waals surface area contributed by atoms with E-state index in [4.69, 9.17) is 16.0 Å². The molecular weight excluding hydrogens is 276 g/mol. The molecule has 0 aliphatic heterocycles. The first-order chi connectivity index (χ1) is 8.56. The van der Waals surface area contributed by atoms with Gasteiger partial charge in [-0.3, -0.25) is 0 Å². The largest absolute Gasteiger partial charge is 0.549 e. The van der Waals surface area contributed by atoms with Crippen LogP contribution in [0.25, 0.3) is 11.5 Å². The topological polar surface area (TPSA) is 79.0 Å². The van der Waals surface area contributed by atoms with Crippen molar-refractivity contribution in [2.75, 3.05) is 0 Å². The monoisotopic (exact) mass is 283 g/mol. The molecule has 94 valence electrons. The number of carboxylic acid groups (broad SMARTS) is 1. The van der Waals surface area contributed by atoms with Gasteiger partial charge in [-0.1, -0.05) is 23.4 Å². The number of aliphatic carboxylic acids is 1. The molecule has 18 heavy (non-hydrogen) atoms. The van der Waals surface area contributed by atoms with Crippen molar-refractivity contribution in [3.05, 3.63) is 29.3 Å². The van der Waals surface area contributed by atoms with Gasteiger partial charge in [-0.05, 0) is 31.2 Å². The van der Waals surface area contributed by atoms with Crippen LogP contribution < -0.4 is 5.11 Å². The van der Waals surface area contributed by atoms with Crippen LogP contribution in [-0.4, -0.2) is 21.4 Å². The number of carboxylic acids is 1. The van der Waals surface area contributed by atoms with E-state index in [9.17, 15) is 9.90 Å². The number of nitrogens with zero attached hydrogens (tertiary/aromatic N) is 2. The third kappa shape index (κ3) is 3.02. The van der Waals surface area contributed by atoms with E-state index in [1.165, 1.54) is 6.92 Å². The summed E-state index contributed by atoms with van der Waals surface area (Å²) in [6.45, 7) is 1.49. The molecule has 0 aliphatic rings. The lowest BCUT2D eigenvalue weighted by Crippen LogP contribution is -2.31. The molecule has 0 bridgehead atoms. The molecule has 0 unspecified atom stereocenters. The Labute approximate surface area is 112 Å². The number of thioether (sulfide) groups is 1. The molecule has 0 aliphatic carbocycles. The van der Waals surface area contributed by atoms with Crippen molar-refractivity contribution < 1.29 is 14.3 Å². The smallest absolute Gasteiger partial charge is 0.277 e. The summed E-state index contributed by atoms with van der Waals surface area (Å²) in [5.74, 6) is -0.856. The standard InChI is InChI=1S/C11H9ClN2O3S/c1-6(10(15)16)18-11-14-13-9(17-11)7-2-4-8(12)5-3-7/h2-6H,1H3,(H,15,16)/p-1/t6-/m1/s1. The number of hydrogen-bond donors (Lipinski definition) is 0. The van der Waals surface area contributed by atoms with Gasteiger partial charge in [0.25, 0.3) is 5.22 Å². The van der Waals surface area contributed by atoms with E-state index < -0.39 is 11.2 Å². The highest BCUT2D eigenvalue weighted by Gasteiger charge is 2.13. The highest BCUT2D eigenvalue weighted by atomic mass is 35.5. The minimum atomic E-state index is -1.17. The summed E-state index contributed by atoms with van der Waals surface area (Å²) in [7, 11) is 0. The second-order valence-corrected chi connectivity index (χ2v) is 5.19. The Morgan fingerprint density at radius 3 is 2.67 bits per heavy atom. The summed E-state index contributed by atoms with van der Waals surface area (Å²) in [5, 5.41) is 18.2. The van der Waals surface area contributed by atoms with Gasteiger partial charge in [0.2, 0.25) is 5.89 Å². The van der Waals surface area contributed by atoms with Crippen molar-refractivity contribution in [1.82, 2.24) is 10.2 Å². The van der Waals surface area contributed by atoms with Crippen LogP contribution in [0.15, 0.2) is 33.9 Å². The van der Waals surface area contributed by atoms with Crippen LogP contribution in [0.2, 0.25) is 5.02 Å². The maximum absolute atomic E-state index is 10.6. The lowest BCUT2D eigenvalue weighted by molar-refractivity contribution is -0.304. The van der Waals surface area contributed by atoms with Crippen LogP contribution in [0.3, 0.4) is 0 Å². The molecule has 0 fully saturated rings. The molecule has 1 aromatic carbocycles. The predicted molar refractivity (Wildman–Crippen MR) is 65.1 cm³/mol. The molecule has 0 N–H and O–H groups in total. The third-order valence-corrected chi connectivity index (χ3v) is 3.27. The summed E-state index contributed by atoms with van der Waals surface area (Å²) in [6, 6.07) is 6.90. The second-order valence-electron chi connectivity index (χ2n) is 3.46. The fraction of sp³-hybridized carbons (Fsp3) is 0.182.